The number of aromatic nitrogens is 2. The van der Waals surface area contributed by atoms with Crippen LogP contribution in [0.3, 0.4) is 0 Å². The molecule has 1 aromatic heterocycles. The van der Waals surface area contributed by atoms with E-state index in [0.717, 1.165) is 6.54 Å². The highest BCUT2D eigenvalue weighted by Crippen LogP contribution is 1.95. The summed E-state index contributed by atoms with van der Waals surface area (Å²) in [5.41, 5.74) is 10.2. The summed E-state index contributed by atoms with van der Waals surface area (Å²) in [6.07, 6.45) is 8.41. The first kappa shape index (κ1) is 18.3. The largest absolute Gasteiger partial charge is 0.403 e. The van der Waals surface area contributed by atoms with E-state index in [2.05, 4.69) is 32.1 Å². The number of aliphatic imine (C=N–C) groups is 1. The molecule has 0 saturated heterocycles. The van der Waals surface area contributed by atoms with E-state index in [9.17, 15) is 0 Å². The smallest absolute Gasteiger partial charge is 0.130 e. The van der Waals surface area contributed by atoms with Gasteiger partial charge in [-0.3, -0.25) is 20.1 Å². The van der Waals surface area contributed by atoms with Crippen molar-refractivity contribution in [3.8, 4) is 11.8 Å². The molecule has 0 radical (unpaired) electrons. The van der Waals surface area contributed by atoms with Crippen molar-refractivity contribution in [1.29, 1.82) is 0 Å². The number of allylic oxidation sites excluding steroid dienone is 1. The van der Waals surface area contributed by atoms with Crippen LogP contribution in [0.5, 0.6) is 0 Å². The lowest BCUT2D eigenvalue weighted by molar-refractivity contribution is 0.421. The molecule has 0 spiro atoms. The van der Waals surface area contributed by atoms with Gasteiger partial charge in [0.2, 0.25) is 0 Å². The third-order valence-electron chi connectivity index (χ3n) is 2.67. The minimum Gasteiger partial charge on any atom is -0.403 e. The average molecular weight is 312 g/mol. The van der Waals surface area contributed by atoms with Crippen LogP contribution >= 0.6 is 0 Å². The predicted molar refractivity (Wildman–Crippen MR) is 96.0 cm³/mol. The summed E-state index contributed by atoms with van der Waals surface area (Å²) in [5.74, 6) is 5.88. The van der Waals surface area contributed by atoms with Crippen molar-refractivity contribution >= 4 is 6.21 Å². The molecule has 1 aromatic rings. The van der Waals surface area contributed by atoms with Gasteiger partial charge in [-0.1, -0.05) is 12.0 Å². The first-order chi connectivity index (χ1) is 11.2. The molecule has 3 N–H and O–H groups in total. The normalized spacial score (nSPS) is 11.0. The van der Waals surface area contributed by atoms with Crippen molar-refractivity contribution in [1.82, 2.24) is 14.6 Å². The Bertz CT molecular complexity index is 644. The molecule has 0 aliphatic carbocycles. The average Bonchev–Trinajstić information content (AvgIpc) is 2.63. The summed E-state index contributed by atoms with van der Waals surface area (Å²) in [4.78, 5) is 10.6. The second-order valence-electron chi connectivity index (χ2n) is 4.86. The molecule has 0 amide bonds. The van der Waals surface area contributed by atoms with Gasteiger partial charge in [-0.15, -0.1) is 0 Å². The standard InChI is InChI=1S/C17H24N6/c1-4-8-17-15-19-9-6-5-7-11-23(17)21-16(13-18)14-20-10-12-22(2)3/h5-7,9,11,13-15,21H,10,12,18H2,1-3H3. The maximum atomic E-state index is 5.68. The maximum absolute atomic E-state index is 5.68. The molecule has 0 aliphatic rings. The van der Waals surface area contributed by atoms with Gasteiger partial charge in [-0.05, 0) is 39.1 Å². The Morgan fingerprint density at radius 2 is 2.26 bits per heavy atom. The third-order valence-corrected chi connectivity index (χ3v) is 2.67. The van der Waals surface area contributed by atoms with Crippen LogP contribution in [0.1, 0.15) is 12.6 Å². The van der Waals surface area contributed by atoms with Crippen LogP contribution in [0.4, 0.5) is 0 Å². The fourth-order valence-corrected chi connectivity index (χ4v) is 1.54. The van der Waals surface area contributed by atoms with E-state index in [1.54, 1.807) is 30.2 Å². The van der Waals surface area contributed by atoms with E-state index in [1.807, 2.05) is 38.5 Å². The number of likely N-dealkylation sites (N-methyl/N-ethyl adjacent to an activating group) is 1. The minimum atomic E-state index is 0.671. The molecule has 0 saturated carbocycles. The van der Waals surface area contributed by atoms with Crippen LogP contribution in [-0.4, -0.2) is 48.0 Å². The van der Waals surface area contributed by atoms with E-state index in [4.69, 9.17) is 5.73 Å². The Balaban J connectivity index is 3.00. The number of rotatable bonds is 6. The molecule has 6 nitrogen and oxygen atoms in total. The van der Waals surface area contributed by atoms with Gasteiger partial charge in [0, 0.05) is 31.4 Å². The highest BCUT2D eigenvalue weighted by atomic mass is 15.4. The molecule has 0 fully saturated rings. The molecule has 1 rings (SSSR count). The van der Waals surface area contributed by atoms with Crippen molar-refractivity contribution < 1.29 is 0 Å². The number of nitrogens with zero attached hydrogens (tertiary/aromatic N) is 4. The van der Waals surface area contributed by atoms with E-state index in [0.29, 0.717) is 17.9 Å². The first-order valence-corrected chi connectivity index (χ1v) is 7.29. The molecule has 1 heterocycles. The Kier molecular flexibility index (Phi) is 8.64. The molecule has 0 bridgehead atoms. The van der Waals surface area contributed by atoms with E-state index < -0.39 is 0 Å². The van der Waals surface area contributed by atoms with Crippen LogP contribution in [-0.2, 0) is 0 Å². The summed E-state index contributed by atoms with van der Waals surface area (Å²) >= 11 is 0. The summed E-state index contributed by atoms with van der Waals surface area (Å²) in [6, 6.07) is 5.61. The Morgan fingerprint density at radius 1 is 1.43 bits per heavy atom. The molecule has 0 atom stereocenters. The van der Waals surface area contributed by atoms with Gasteiger partial charge in [0.25, 0.3) is 0 Å². The molecule has 0 aromatic carbocycles. The first-order valence-electron chi connectivity index (χ1n) is 7.29. The van der Waals surface area contributed by atoms with Crippen LogP contribution < -0.4 is 11.2 Å². The maximum Gasteiger partial charge on any atom is 0.130 e. The van der Waals surface area contributed by atoms with E-state index >= 15 is 0 Å². The summed E-state index contributed by atoms with van der Waals surface area (Å²) < 4.78 is 1.75. The van der Waals surface area contributed by atoms with Gasteiger partial charge in [0.1, 0.15) is 5.69 Å². The lowest BCUT2D eigenvalue weighted by atomic mass is 10.4. The zero-order valence-electron chi connectivity index (χ0n) is 13.9. The third kappa shape index (κ3) is 7.69. The summed E-state index contributed by atoms with van der Waals surface area (Å²) in [5, 5.41) is 0. The van der Waals surface area contributed by atoms with Crippen LogP contribution in [0.25, 0.3) is 0 Å². The molecule has 122 valence electrons. The van der Waals surface area contributed by atoms with Gasteiger partial charge in [-0.2, -0.15) is 0 Å². The van der Waals surface area contributed by atoms with Crippen LogP contribution in [0, 0.1) is 11.8 Å². The zero-order valence-corrected chi connectivity index (χ0v) is 13.9. The highest BCUT2D eigenvalue weighted by Gasteiger charge is 1.96. The number of nitrogens with two attached hydrogens (primary N) is 1. The molecule has 23 heavy (non-hydrogen) atoms. The van der Waals surface area contributed by atoms with Gasteiger partial charge < -0.3 is 10.6 Å². The quantitative estimate of drug-likeness (QED) is 0.614. The van der Waals surface area contributed by atoms with Crippen molar-refractivity contribution in [3.63, 3.8) is 0 Å². The number of nitrogens with one attached hydrogen (secondary N) is 1. The van der Waals surface area contributed by atoms with Gasteiger partial charge in [0.15, 0.2) is 0 Å². The van der Waals surface area contributed by atoms with Crippen molar-refractivity contribution in [2.45, 2.75) is 6.92 Å². The minimum absolute atomic E-state index is 0.671. The Labute approximate surface area is 138 Å². The molecule has 0 aliphatic heterocycles. The van der Waals surface area contributed by atoms with Crippen LogP contribution in [0.2, 0.25) is 0 Å². The van der Waals surface area contributed by atoms with Crippen molar-refractivity contribution in [2.75, 3.05) is 32.6 Å². The molecular weight excluding hydrogens is 288 g/mol. The van der Waals surface area contributed by atoms with Gasteiger partial charge >= 0.3 is 0 Å². The lowest BCUT2D eigenvalue weighted by Crippen LogP contribution is -2.19. The van der Waals surface area contributed by atoms with Crippen molar-refractivity contribution in [3.05, 3.63) is 54.4 Å². The number of hydrogen-bond acceptors (Lipinski definition) is 5. The Morgan fingerprint density at radius 3 is 2.96 bits per heavy atom. The highest BCUT2D eigenvalue weighted by molar-refractivity contribution is 5.79. The summed E-state index contributed by atoms with van der Waals surface area (Å²) in [6.45, 7) is 3.36. The monoisotopic (exact) mass is 312 g/mol. The van der Waals surface area contributed by atoms with Crippen molar-refractivity contribution in [2.24, 2.45) is 10.7 Å². The second-order valence-corrected chi connectivity index (χ2v) is 4.86. The summed E-state index contributed by atoms with van der Waals surface area (Å²) in [7, 11) is 4.02. The molecule has 6 heteroatoms. The van der Waals surface area contributed by atoms with Gasteiger partial charge in [-0.25, -0.2) is 0 Å². The lowest BCUT2D eigenvalue weighted by Gasteiger charge is -2.11. The molecule has 0 unspecified atom stereocenters. The van der Waals surface area contributed by atoms with E-state index in [1.165, 1.54) is 6.20 Å². The van der Waals surface area contributed by atoms with Crippen LogP contribution in [0.15, 0.2) is 53.7 Å². The predicted octanol–water partition coefficient (Wildman–Crippen LogP) is 1.35. The SMILES string of the molecule is CC#Cc1cncccccn1NC(C=NCCN(C)C)=CN. The Hall–Kier alpha value is -2.78. The number of hydrogen-bond donors (Lipinski definition) is 2. The fraction of sp³-hybridized carbons (Fsp3) is 0.294. The topological polar surface area (TPSA) is 71.5 Å². The fourth-order valence-electron chi connectivity index (χ4n) is 1.54. The van der Waals surface area contributed by atoms with Gasteiger partial charge in [0.05, 0.1) is 18.4 Å². The zero-order chi connectivity index (χ0) is 16.9. The van der Waals surface area contributed by atoms with E-state index in [-0.39, 0.29) is 0 Å². The second kappa shape index (κ2) is 10.9. The molecular formula is C17H24N6.